The lowest BCUT2D eigenvalue weighted by Crippen LogP contribution is -2.30. The van der Waals surface area contributed by atoms with Gasteiger partial charge in [-0.25, -0.2) is 0 Å². The molecular weight excluding hydrogens is 877 g/mol. The number of rotatable bonds is 56. The van der Waals surface area contributed by atoms with E-state index >= 15 is 0 Å². The van der Waals surface area contributed by atoms with Crippen molar-refractivity contribution in [2.24, 2.45) is 0 Å². The van der Waals surface area contributed by atoms with E-state index in [-0.39, 0.29) is 31.1 Å². The average Bonchev–Trinajstić information content (AvgIpc) is 3.37. The Labute approximate surface area is 440 Å². The van der Waals surface area contributed by atoms with Crippen LogP contribution in [-0.4, -0.2) is 37.2 Å². The molecule has 0 bridgehead atoms. The van der Waals surface area contributed by atoms with Gasteiger partial charge in [0.15, 0.2) is 6.10 Å². The summed E-state index contributed by atoms with van der Waals surface area (Å²) in [6, 6.07) is 0. The summed E-state index contributed by atoms with van der Waals surface area (Å²) in [5.74, 6) is -0.902. The average molecular weight is 994 g/mol. The zero-order chi connectivity index (χ0) is 51.4. The Morgan fingerprint density at radius 3 is 0.859 bits per heavy atom. The van der Waals surface area contributed by atoms with Crippen molar-refractivity contribution in [2.75, 3.05) is 13.2 Å². The minimum atomic E-state index is -0.788. The lowest BCUT2D eigenvalue weighted by Gasteiger charge is -2.18. The summed E-state index contributed by atoms with van der Waals surface area (Å²) in [4.78, 5) is 38.1. The van der Waals surface area contributed by atoms with Crippen molar-refractivity contribution in [1.82, 2.24) is 0 Å². The Hall–Kier alpha value is -2.89. The Morgan fingerprint density at radius 1 is 0.296 bits per heavy atom. The predicted octanol–water partition coefficient (Wildman–Crippen LogP) is 20.8. The number of ether oxygens (including phenoxy) is 3. The van der Waals surface area contributed by atoms with Crippen LogP contribution in [0.3, 0.4) is 0 Å². The minimum Gasteiger partial charge on any atom is -0.462 e. The topological polar surface area (TPSA) is 78.9 Å². The number of carbonyl (C=O) groups excluding carboxylic acids is 3. The van der Waals surface area contributed by atoms with Crippen molar-refractivity contribution in [3.05, 3.63) is 60.8 Å². The van der Waals surface area contributed by atoms with E-state index in [2.05, 4.69) is 81.5 Å². The van der Waals surface area contributed by atoms with Crippen LogP contribution in [-0.2, 0) is 28.6 Å². The van der Waals surface area contributed by atoms with E-state index in [0.29, 0.717) is 19.3 Å². The molecule has 6 heteroatoms. The molecule has 0 aromatic rings. The molecule has 1 atom stereocenters. The first kappa shape index (κ1) is 68.1. The van der Waals surface area contributed by atoms with Crippen LogP contribution in [0, 0.1) is 0 Å². The van der Waals surface area contributed by atoms with Crippen molar-refractivity contribution < 1.29 is 28.6 Å². The molecule has 0 spiro atoms. The second-order valence-electron chi connectivity index (χ2n) is 20.6. The highest BCUT2D eigenvalue weighted by Gasteiger charge is 2.19. The third-order valence-corrected chi connectivity index (χ3v) is 13.5. The van der Waals surface area contributed by atoms with Gasteiger partial charge in [-0.15, -0.1) is 0 Å². The summed E-state index contributed by atoms with van der Waals surface area (Å²) < 4.78 is 16.9. The Bertz CT molecular complexity index is 1280. The first-order valence-electron chi connectivity index (χ1n) is 30.8. The molecular formula is C65H116O6. The second-order valence-corrected chi connectivity index (χ2v) is 20.6. The normalized spacial score (nSPS) is 12.4. The van der Waals surface area contributed by atoms with Crippen LogP contribution in [0.5, 0.6) is 0 Å². The molecule has 0 heterocycles. The SMILES string of the molecule is CC/C=C\C/C=C\C/C=C\C/C=C\C/C=C\CCCCCC(=O)OC(COC(=O)CCCCCCCCCCCC)COC(=O)CCCCCCCCCCCCCCCCCCCCCCCCCC. The van der Waals surface area contributed by atoms with Crippen LogP contribution < -0.4 is 0 Å². The highest BCUT2D eigenvalue weighted by molar-refractivity contribution is 5.71. The monoisotopic (exact) mass is 993 g/mol. The first-order valence-corrected chi connectivity index (χ1v) is 30.8. The van der Waals surface area contributed by atoms with Gasteiger partial charge >= 0.3 is 17.9 Å². The molecule has 0 saturated carbocycles. The van der Waals surface area contributed by atoms with Gasteiger partial charge in [0.2, 0.25) is 0 Å². The Morgan fingerprint density at radius 2 is 0.549 bits per heavy atom. The zero-order valence-electron chi connectivity index (χ0n) is 47.2. The van der Waals surface area contributed by atoms with Gasteiger partial charge in [0.25, 0.3) is 0 Å². The van der Waals surface area contributed by atoms with Gasteiger partial charge in [-0.2, -0.15) is 0 Å². The van der Waals surface area contributed by atoms with Crippen LogP contribution >= 0.6 is 0 Å². The van der Waals surface area contributed by atoms with Gasteiger partial charge in [-0.1, -0.05) is 293 Å². The van der Waals surface area contributed by atoms with Crippen LogP contribution in [0.25, 0.3) is 0 Å². The molecule has 71 heavy (non-hydrogen) atoms. The molecule has 0 aromatic heterocycles. The quantitative estimate of drug-likeness (QED) is 0.0261. The number of allylic oxidation sites excluding steroid dienone is 10. The summed E-state index contributed by atoms with van der Waals surface area (Å²) in [5, 5.41) is 0. The van der Waals surface area contributed by atoms with Crippen molar-refractivity contribution in [1.29, 1.82) is 0 Å². The molecule has 1 unspecified atom stereocenters. The number of esters is 3. The maximum atomic E-state index is 12.9. The summed E-state index contributed by atoms with van der Waals surface area (Å²) in [6.07, 6.45) is 75.2. The third kappa shape index (κ3) is 57.9. The first-order chi connectivity index (χ1) is 35.0. The van der Waals surface area contributed by atoms with Gasteiger partial charge in [0, 0.05) is 19.3 Å². The summed E-state index contributed by atoms with van der Waals surface area (Å²) in [5.41, 5.74) is 0. The van der Waals surface area contributed by atoms with Gasteiger partial charge in [0.1, 0.15) is 13.2 Å². The fraction of sp³-hybridized carbons (Fsp3) is 0.800. The maximum Gasteiger partial charge on any atom is 0.306 e. The molecule has 0 aliphatic heterocycles. The van der Waals surface area contributed by atoms with Crippen LogP contribution in [0.1, 0.15) is 316 Å². The van der Waals surface area contributed by atoms with Crippen molar-refractivity contribution in [3.63, 3.8) is 0 Å². The fourth-order valence-electron chi connectivity index (χ4n) is 8.94. The molecule has 6 nitrogen and oxygen atoms in total. The van der Waals surface area contributed by atoms with Crippen molar-refractivity contribution in [2.45, 2.75) is 322 Å². The highest BCUT2D eigenvalue weighted by atomic mass is 16.6. The lowest BCUT2D eigenvalue weighted by molar-refractivity contribution is -0.167. The second kappa shape index (κ2) is 59.7. The largest absolute Gasteiger partial charge is 0.462 e. The molecule has 0 radical (unpaired) electrons. The van der Waals surface area contributed by atoms with E-state index in [1.807, 2.05) is 0 Å². The zero-order valence-corrected chi connectivity index (χ0v) is 47.2. The molecule has 0 aliphatic rings. The molecule has 0 aromatic carbocycles. The van der Waals surface area contributed by atoms with E-state index in [4.69, 9.17) is 14.2 Å². The molecule has 0 rings (SSSR count). The lowest BCUT2D eigenvalue weighted by atomic mass is 10.0. The molecule has 0 N–H and O–H groups in total. The molecule has 0 amide bonds. The summed E-state index contributed by atoms with van der Waals surface area (Å²) in [7, 11) is 0. The standard InChI is InChI=1S/C65H116O6/c1-4-7-10-13-16-19-22-24-26-28-30-31-32-33-34-36-37-39-41-43-46-49-52-55-58-64(67)70-61-62(60-69-63(66)57-54-51-48-45-21-18-15-12-9-6-3)71-65(68)59-56-53-50-47-44-42-40-38-35-29-27-25-23-20-17-14-11-8-5-2/h8,11,17,20,25,27,35,38,42,44,62H,4-7,9-10,12-16,18-19,21-24,26,28-34,36-37,39-41,43,45-61H2,1-3H3/b11-8-,20-17-,27-25-,38-35-,44-42-. The van der Waals surface area contributed by atoms with E-state index in [0.717, 1.165) is 96.3 Å². The Kier molecular flexibility index (Phi) is 57.2. The van der Waals surface area contributed by atoms with E-state index in [1.165, 1.54) is 180 Å². The van der Waals surface area contributed by atoms with Crippen molar-refractivity contribution in [3.8, 4) is 0 Å². The van der Waals surface area contributed by atoms with Gasteiger partial charge in [-0.3, -0.25) is 14.4 Å². The highest BCUT2D eigenvalue weighted by Crippen LogP contribution is 2.17. The number of hydrogen-bond donors (Lipinski definition) is 0. The number of unbranched alkanes of at least 4 members (excludes halogenated alkanes) is 35. The van der Waals surface area contributed by atoms with Crippen molar-refractivity contribution >= 4 is 17.9 Å². The number of carbonyl (C=O) groups is 3. The van der Waals surface area contributed by atoms with Gasteiger partial charge < -0.3 is 14.2 Å². The molecule has 412 valence electrons. The predicted molar refractivity (Wildman–Crippen MR) is 307 cm³/mol. The smallest absolute Gasteiger partial charge is 0.306 e. The summed E-state index contributed by atoms with van der Waals surface area (Å²) in [6.45, 7) is 6.53. The summed E-state index contributed by atoms with van der Waals surface area (Å²) >= 11 is 0. The maximum absolute atomic E-state index is 12.9. The van der Waals surface area contributed by atoms with Crippen LogP contribution in [0.2, 0.25) is 0 Å². The van der Waals surface area contributed by atoms with Gasteiger partial charge in [-0.05, 0) is 64.2 Å². The van der Waals surface area contributed by atoms with E-state index < -0.39 is 6.10 Å². The van der Waals surface area contributed by atoms with Gasteiger partial charge in [0.05, 0.1) is 0 Å². The third-order valence-electron chi connectivity index (χ3n) is 13.5. The Balaban J connectivity index is 4.26. The molecule has 0 aliphatic carbocycles. The molecule has 0 fully saturated rings. The van der Waals surface area contributed by atoms with E-state index in [1.54, 1.807) is 0 Å². The molecule has 0 saturated heterocycles. The fourth-order valence-corrected chi connectivity index (χ4v) is 8.94. The number of hydrogen-bond acceptors (Lipinski definition) is 6. The van der Waals surface area contributed by atoms with Crippen LogP contribution in [0.4, 0.5) is 0 Å². The van der Waals surface area contributed by atoms with E-state index in [9.17, 15) is 14.4 Å². The minimum absolute atomic E-state index is 0.0837. The van der Waals surface area contributed by atoms with Crippen LogP contribution in [0.15, 0.2) is 60.8 Å².